The van der Waals surface area contributed by atoms with Crippen molar-refractivity contribution in [1.29, 1.82) is 0 Å². The number of hydrogen-bond acceptors (Lipinski definition) is 3. The molecule has 3 N–H and O–H groups in total. The SMILES string of the molecule is CCCCCCCC/C=C/CCCCCCCC(=O)O.CCCCCCCCCCCCCOCCCN. The number of carbonyl (C=O) groups is 1. The molecular formula is C34H69NO3. The number of carboxylic acid groups (broad SMARTS) is 1. The van der Waals surface area contributed by atoms with Crippen molar-refractivity contribution in [3.8, 4) is 0 Å². The van der Waals surface area contributed by atoms with Gasteiger partial charge in [0.1, 0.15) is 0 Å². The third-order valence-corrected chi connectivity index (χ3v) is 7.04. The third kappa shape index (κ3) is 42.2. The number of rotatable bonds is 30. The van der Waals surface area contributed by atoms with Crippen LogP contribution in [0.4, 0.5) is 0 Å². The Balaban J connectivity index is 0. The van der Waals surface area contributed by atoms with Crippen LogP contribution in [-0.4, -0.2) is 30.8 Å². The van der Waals surface area contributed by atoms with Crippen LogP contribution in [0.1, 0.15) is 181 Å². The Morgan fingerprint density at radius 2 is 0.921 bits per heavy atom. The highest BCUT2D eigenvalue weighted by atomic mass is 16.5. The highest BCUT2D eigenvalue weighted by Crippen LogP contribution is 2.12. The van der Waals surface area contributed by atoms with Crippen LogP contribution in [0.25, 0.3) is 0 Å². The molecule has 0 unspecified atom stereocenters. The Kier molecular flexibility index (Phi) is 39.6. The van der Waals surface area contributed by atoms with Crippen molar-refractivity contribution in [2.75, 3.05) is 19.8 Å². The Morgan fingerprint density at radius 1 is 0.553 bits per heavy atom. The zero-order valence-corrected chi connectivity index (χ0v) is 26.0. The summed E-state index contributed by atoms with van der Waals surface area (Å²) in [5.74, 6) is -0.664. The molecule has 0 saturated heterocycles. The van der Waals surface area contributed by atoms with Gasteiger partial charge in [-0.1, -0.05) is 142 Å². The summed E-state index contributed by atoms with van der Waals surface area (Å²) in [6.07, 6.45) is 37.6. The standard InChI is InChI=1S/C18H34O2.C16H35NO/c1-2-3-4-5-6-7-8-9-10-11-12-13-14-15-16-17-18(19)20;1-2-3-4-5-6-7-8-9-10-11-12-15-18-16-13-14-17/h9-10H,2-8,11-17H2,1H3,(H,19,20);2-17H2,1H3/b10-9+;. The van der Waals surface area contributed by atoms with Gasteiger partial charge < -0.3 is 15.6 Å². The summed E-state index contributed by atoms with van der Waals surface area (Å²) in [6.45, 7) is 7.05. The predicted molar refractivity (Wildman–Crippen MR) is 168 cm³/mol. The van der Waals surface area contributed by atoms with Crippen molar-refractivity contribution in [3.05, 3.63) is 12.2 Å². The van der Waals surface area contributed by atoms with Crippen LogP contribution in [0.3, 0.4) is 0 Å². The van der Waals surface area contributed by atoms with E-state index in [0.717, 1.165) is 39.0 Å². The van der Waals surface area contributed by atoms with Crippen molar-refractivity contribution in [2.45, 2.75) is 181 Å². The minimum Gasteiger partial charge on any atom is -0.481 e. The Labute approximate surface area is 239 Å². The topological polar surface area (TPSA) is 72.5 Å². The van der Waals surface area contributed by atoms with Crippen LogP contribution >= 0.6 is 0 Å². The first kappa shape index (κ1) is 39.3. The van der Waals surface area contributed by atoms with Gasteiger partial charge in [0.15, 0.2) is 0 Å². The average Bonchev–Trinajstić information content (AvgIpc) is 2.91. The molecule has 4 heteroatoms. The highest BCUT2D eigenvalue weighted by Gasteiger charge is 1.96. The van der Waals surface area contributed by atoms with Gasteiger partial charge in [-0.05, 0) is 51.5 Å². The smallest absolute Gasteiger partial charge is 0.303 e. The second-order valence-electron chi connectivity index (χ2n) is 11.0. The molecule has 0 saturated carbocycles. The van der Waals surface area contributed by atoms with E-state index in [4.69, 9.17) is 15.6 Å². The van der Waals surface area contributed by atoms with Crippen LogP contribution < -0.4 is 5.73 Å². The van der Waals surface area contributed by atoms with Gasteiger partial charge in [-0.25, -0.2) is 0 Å². The maximum absolute atomic E-state index is 10.3. The van der Waals surface area contributed by atoms with Gasteiger partial charge in [0.25, 0.3) is 0 Å². The molecule has 0 aliphatic carbocycles. The van der Waals surface area contributed by atoms with Crippen LogP contribution in [-0.2, 0) is 9.53 Å². The van der Waals surface area contributed by atoms with E-state index < -0.39 is 5.97 Å². The minimum absolute atomic E-state index is 0.332. The number of carboxylic acids is 1. The number of aliphatic carboxylic acids is 1. The first-order valence-corrected chi connectivity index (χ1v) is 16.8. The lowest BCUT2D eigenvalue weighted by Gasteiger charge is -2.04. The van der Waals surface area contributed by atoms with Gasteiger partial charge >= 0.3 is 5.97 Å². The van der Waals surface area contributed by atoms with Crippen LogP contribution in [0.15, 0.2) is 12.2 Å². The van der Waals surface area contributed by atoms with Crippen molar-refractivity contribution in [1.82, 2.24) is 0 Å². The lowest BCUT2D eigenvalue weighted by Crippen LogP contribution is -2.04. The normalized spacial score (nSPS) is 11.1. The number of unbranched alkanes of at least 4 members (excludes halogenated alkanes) is 21. The van der Waals surface area contributed by atoms with Crippen molar-refractivity contribution in [3.63, 3.8) is 0 Å². The summed E-state index contributed by atoms with van der Waals surface area (Å²) >= 11 is 0. The minimum atomic E-state index is -0.664. The molecule has 0 aromatic rings. The third-order valence-electron chi connectivity index (χ3n) is 7.04. The first-order chi connectivity index (χ1) is 18.7. The molecule has 0 amide bonds. The molecule has 0 spiro atoms. The summed E-state index contributed by atoms with van der Waals surface area (Å²) in [4.78, 5) is 10.3. The summed E-state index contributed by atoms with van der Waals surface area (Å²) in [7, 11) is 0. The van der Waals surface area contributed by atoms with Crippen molar-refractivity contribution < 1.29 is 14.6 Å². The molecule has 0 atom stereocenters. The molecule has 38 heavy (non-hydrogen) atoms. The summed E-state index contributed by atoms with van der Waals surface area (Å²) in [5.41, 5.74) is 5.40. The van der Waals surface area contributed by atoms with Crippen LogP contribution in [0.5, 0.6) is 0 Å². The first-order valence-electron chi connectivity index (χ1n) is 16.8. The summed E-state index contributed by atoms with van der Waals surface area (Å²) < 4.78 is 5.48. The van der Waals surface area contributed by atoms with Gasteiger partial charge in [-0.2, -0.15) is 0 Å². The fourth-order valence-electron chi connectivity index (χ4n) is 4.50. The van der Waals surface area contributed by atoms with Crippen LogP contribution in [0, 0.1) is 0 Å². The van der Waals surface area contributed by atoms with E-state index in [2.05, 4.69) is 26.0 Å². The van der Waals surface area contributed by atoms with E-state index in [0.29, 0.717) is 6.42 Å². The number of ether oxygens (including phenoxy) is 1. The summed E-state index contributed by atoms with van der Waals surface area (Å²) in [5, 5.41) is 8.51. The Morgan fingerprint density at radius 3 is 1.34 bits per heavy atom. The monoisotopic (exact) mass is 540 g/mol. The molecule has 0 aliphatic heterocycles. The maximum atomic E-state index is 10.3. The molecule has 0 aromatic carbocycles. The summed E-state index contributed by atoms with van der Waals surface area (Å²) in [6, 6.07) is 0. The molecule has 0 fully saturated rings. The van der Waals surface area contributed by atoms with Gasteiger partial charge in [0.05, 0.1) is 0 Å². The van der Waals surface area contributed by atoms with E-state index >= 15 is 0 Å². The van der Waals surface area contributed by atoms with Crippen molar-refractivity contribution >= 4 is 5.97 Å². The molecule has 0 heterocycles. The zero-order valence-electron chi connectivity index (χ0n) is 26.0. The van der Waals surface area contributed by atoms with Crippen LogP contribution in [0.2, 0.25) is 0 Å². The van der Waals surface area contributed by atoms with E-state index in [1.807, 2.05) is 0 Å². The predicted octanol–water partition coefficient (Wildman–Crippen LogP) is 10.8. The zero-order chi connectivity index (χ0) is 28.2. The fraction of sp³-hybridized carbons (Fsp3) is 0.912. The van der Waals surface area contributed by atoms with Crippen molar-refractivity contribution in [2.24, 2.45) is 5.73 Å². The number of hydrogen-bond donors (Lipinski definition) is 2. The second-order valence-corrected chi connectivity index (χ2v) is 11.0. The lowest BCUT2D eigenvalue weighted by atomic mass is 10.1. The molecule has 0 aliphatic rings. The van der Waals surface area contributed by atoms with Gasteiger partial charge in [0, 0.05) is 19.6 Å². The van der Waals surface area contributed by atoms with E-state index in [-0.39, 0.29) is 0 Å². The average molecular weight is 540 g/mol. The number of allylic oxidation sites excluding steroid dienone is 2. The maximum Gasteiger partial charge on any atom is 0.303 e. The fourth-order valence-corrected chi connectivity index (χ4v) is 4.50. The Bertz CT molecular complexity index is 437. The quantitative estimate of drug-likeness (QED) is 0.0703. The number of nitrogens with two attached hydrogens (primary N) is 1. The lowest BCUT2D eigenvalue weighted by molar-refractivity contribution is -0.137. The second kappa shape index (κ2) is 38.3. The molecule has 0 aromatic heterocycles. The van der Waals surface area contributed by atoms with Gasteiger partial charge in [-0.15, -0.1) is 0 Å². The van der Waals surface area contributed by atoms with E-state index in [9.17, 15) is 4.79 Å². The molecule has 0 bridgehead atoms. The molecule has 0 rings (SSSR count). The Hall–Kier alpha value is -0.870. The largest absolute Gasteiger partial charge is 0.481 e. The molecule has 0 radical (unpaired) electrons. The molecule has 4 nitrogen and oxygen atoms in total. The molecular weight excluding hydrogens is 470 g/mol. The highest BCUT2D eigenvalue weighted by molar-refractivity contribution is 5.66. The van der Waals surface area contributed by atoms with E-state index in [1.54, 1.807) is 0 Å². The molecule has 228 valence electrons. The van der Waals surface area contributed by atoms with Gasteiger partial charge in [0.2, 0.25) is 0 Å². The van der Waals surface area contributed by atoms with E-state index in [1.165, 1.54) is 141 Å². The van der Waals surface area contributed by atoms with Gasteiger partial charge in [-0.3, -0.25) is 4.79 Å².